The van der Waals surface area contributed by atoms with Gasteiger partial charge in [-0.3, -0.25) is 13.9 Å². The van der Waals surface area contributed by atoms with Crippen molar-refractivity contribution in [3.05, 3.63) is 80.5 Å². The van der Waals surface area contributed by atoms with Gasteiger partial charge >= 0.3 is 17.6 Å². The van der Waals surface area contributed by atoms with Crippen LogP contribution < -0.4 is 16.1 Å². The summed E-state index contributed by atoms with van der Waals surface area (Å²) in [6.45, 7) is 7.69. The van der Waals surface area contributed by atoms with Crippen molar-refractivity contribution in [2.75, 3.05) is 24.7 Å². The fraction of sp³-hybridized carbons (Fsp3) is 0.333. The normalized spacial score (nSPS) is 10.3. The molecular weight excluding hydrogens is 426 g/mol. The fourth-order valence-corrected chi connectivity index (χ4v) is 3.32. The van der Waals surface area contributed by atoms with Crippen LogP contribution in [0.3, 0.4) is 0 Å². The smallest absolute Gasteiger partial charge is 0.345 e. The molecule has 0 fully saturated rings. The van der Waals surface area contributed by atoms with Gasteiger partial charge in [0, 0.05) is 27.2 Å². The van der Waals surface area contributed by atoms with Crippen LogP contribution in [-0.2, 0) is 39.7 Å². The molecule has 2 rings (SSSR count). The minimum atomic E-state index is -0.920. The Morgan fingerprint density at radius 1 is 1.00 bits per heavy atom. The van der Waals surface area contributed by atoms with Crippen molar-refractivity contribution in [2.24, 2.45) is 14.1 Å². The molecular formula is C24H29N3O6. The minimum absolute atomic E-state index is 0.0199. The van der Waals surface area contributed by atoms with Crippen molar-refractivity contribution in [3.63, 3.8) is 0 Å². The van der Waals surface area contributed by atoms with E-state index in [1.165, 1.54) is 18.7 Å². The van der Waals surface area contributed by atoms with Crippen LogP contribution in [0, 0.1) is 0 Å². The standard InChI is InChI=1S/C24H29N3O6/c1-6-14-27(16-17-12-10-9-11-13-17)20-18(21(28)26(5)24(31)25(20)4)15-19(22(29)32-7-2)23(30)33-8-3/h6,9-13,15H,1,7-8,14,16H2,2-5H3. The monoisotopic (exact) mass is 455 g/mol. The van der Waals surface area contributed by atoms with Gasteiger partial charge in [-0.15, -0.1) is 6.58 Å². The van der Waals surface area contributed by atoms with Gasteiger partial charge in [-0.25, -0.2) is 14.4 Å². The molecule has 0 spiro atoms. The lowest BCUT2D eigenvalue weighted by Gasteiger charge is -2.27. The molecule has 9 heteroatoms. The van der Waals surface area contributed by atoms with E-state index in [0.29, 0.717) is 13.1 Å². The third-order valence-electron chi connectivity index (χ3n) is 4.81. The lowest BCUT2D eigenvalue weighted by Crippen LogP contribution is -2.42. The van der Waals surface area contributed by atoms with Crippen molar-refractivity contribution < 1.29 is 19.1 Å². The van der Waals surface area contributed by atoms with E-state index in [9.17, 15) is 19.2 Å². The summed E-state index contributed by atoms with van der Waals surface area (Å²) in [6, 6.07) is 9.46. The fourth-order valence-electron chi connectivity index (χ4n) is 3.32. The number of hydrogen-bond acceptors (Lipinski definition) is 7. The van der Waals surface area contributed by atoms with E-state index >= 15 is 0 Å². The Labute approximate surface area is 192 Å². The van der Waals surface area contributed by atoms with Gasteiger partial charge in [-0.1, -0.05) is 36.4 Å². The van der Waals surface area contributed by atoms with E-state index in [-0.39, 0.29) is 24.6 Å². The number of carbonyl (C=O) groups is 2. The van der Waals surface area contributed by atoms with E-state index in [2.05, 4.69) is 6.58 Å². The predicted molar refractivity (Wildman–Crippen MR) is 126 cm³/mol. The number of benzene rings is 1. The summed E-state index contributed by atoms with van der Waals surface area (Å²) in [5.74, 6) is -1.61. The van der Waals surface area contributed by atoms with Gasteiger partial charge in [0.25, 0.3) is 5.56 Å². The zero-order chi connectivity index (χ0) is 24.5. The molecule has 0 radical (unpaired) electrons. The molecule has 2 aromatic rings. The second-order valence-electron chi connectivity index (χ2n) is 7.10. The van der Waals surface area contributed by atoms with Gasteiger partial charge in [0.1, 0.15) is 11.4 Å². The van der Waals surface area contributed by atoms with E-state index in [0.717, 1.165) is 16.2 Å². The Balaban J connectivity index is 2.82. The van der Waals surface area contributed by atoms with Crippen LogP contribution in [0.1, 0.15) is 25.0 Å². The summed E-state index contributed by atoms with van der Waals surface area (Å²) in [5, 5.41) is 0. The SMILES string of the molecule is C=CCN(Cc1ccccc1)c1c(C=C(C(=O)OCC)C(=O)OCC)c(=O)n(C)c(=O)n1C. The van der Waals surface area contributed by atoms with Crippen LogP contribution in [-0.4, -0.2) is 40.8 Å². The van der Waals surface area contributed by atoms with E-state index in [1.54, 1.807) is 24.8 Å². The number of anilines is 1. The van der Waals surface area contributed by atoms with Gasteiger partial charge < -0.3 is 14.4 Å². The van der Waals surface area contributed by atoms with Crippen LogP contribution in [0.4, 0.5) is 5.82 Å². The zero-order valence-corrected chi connectivity index (χ0v) is 19.4. The maximum Gasteiger partial charge on any atom is 0.345 e. The zero-order valence-electron chi connectivity index (χ0n) is 19.4. The number of hydrogen-bond donors (Lipinski definition) is 0. The molecule has 1 heterocycles. The van der Waals surface area contributed by atoms with Gasteiger partial charge in [-0.2, -0.15) is 0 Å². The molecule has 176 valence electrons. The summed E-state index contributed by atoms with van der Waals surface area (Å²) in [6.07, 6.45) is 2.77. The van der Waals surface area contributed by atoms with Crippen molar-refractivity contribution in [1.29, 1.82) is 0 Å². The Morgan fingerprint density at radius 3 is 2.09 bits per heavy atom. The van der Waals surface area contributed by atoms with Gasteiger partial charge in [0.15, 0.2) is 0 Å². The molecule has 0 N–H and O–H groups in total. The largest absolute Gasteiger partial charge is 0.462 e. The van der Waals surface area contributed by atoms with Crippen molar-refractivity contribution in [2.45, 2.75) is 20.4 Å². The molecule has 0 amide bonds. The lowest BCUT2D eigenvalue weighted by atomic mass is 10.1. The van der Waals surface area contributed by atoms with Gasteiger partial charge in [0.05, 0.1) is 18.8 Å². The summed E-state index contributed by atoms with van der Waals surface area (Å²) >= 11 is 0. The van der Waals surface area contributed by atoms with Gasteiger partial charge in [0.2, 0.25) is 0 Å². The minimum Gasteiger partial charge on any atom is -0.462 e. The van der Waals surface area contributed by atoms with E-state index < -0.39 is 28.8 Å². The van der Waals surface area contributed by atoms with E-state index in [4.69, 9.17) is 9.47 Å². The van der Waals surface area contributed by atoms with Crippen LogP contribution in [0.25, 0.3) is 6.08 Å². The molecule has 33 heavy (non-hydrogen) atoms. The third-order valence-corrected chi connectivity index (χ3v) is 4.81. The predicted octanol–water partition coefficient (Wildman–Crippen LogP) is 1.79. The number of rotatable bonds is 10. The maximum atomic E-state index is 13.2. The van der Waals surface area contributed by atoms with Gasteiger partial charge in [-0.05, 0) is 25.5 Å². The molecule has 0 aliphatic carbocycles. The third kappa shape index (κ3) is 5.88. The summed E-state index contributed by atoms with van der Waals surface area (Å²) in [7, 11) is 2.85. The highest BCUT2D eigenvalue weighted by Gasteiger charge is 2.26. The second-order valence-corrected chi connectivity index (χ2v) is 7.10. The van der Waals surface area contributed by atoms with Crippen molar-refractivity contribution in [1.82, 2.24) is 9.13 Å². The number of aromatic nitrogens is 2. The van der Waals surface area contributed by atoms with Crippen LogP contribution in [0.5, 0.6) is 0 Å². The first-order valence-corrected chi connectivity index (χ1v) is 10.5. The topological polar surface area (TPSA) is 99.8 Å². The lowest BCUT2D eigenvalue weighted by molar-refractivity contribution is -0.146. The Kier molecular flexibility index (Phi) is 8.97. The molecule has 0 unspecified atom stereocenters. The Hall–Kier alpha value is -3.88. The van der Waals surface area contributed by atoms with Crippen LogP contribution >= 0.6 is 0 Å². The summed E-state index contributed by atoms with van der Waals surface area (Å²) < 4.78 is 12.2. The van der Waals surface area contributed by atoms with E-state index in [1.807, 2.05) is 30.3 Å². The second kappa shape index (κ2) is 11.7. The highest BCUT2D eigenvalue weighted by atomic mass is 16.6. The molecule has 0 saturated carbocycles. The highest BCUT2D eigenvalue weighted by molar-refractivity contribution is 6.18. The summed E-state index contributed by atoms with van der Waals surface area (Å²) in [4.78, 5) is 52.7. The number of ether oxygens (including phenoxy) is 2. The molecule has 0 aliphatic rings. The molecule has 0 atom stereocenters. The molecule has 0 saturated heterocycles. The Morgan fingerprint density at radius 2 is 1.58 bits per heavy atom. The first-order valence-electron chi connectivity index (χ1n) is 10.5. The highest BCUT2D eigenvalue weighted by Crippen LogP contribution is 2.22. The first-order chi connectivity index (χ1) is 15.8. The van der Waals surface area contributed by atoms with Crippen LogP contribution in [0.2, 0.25) is 0 Å². The average molecular weight is 456 g/mol. The average Bonchev–Trinajstić information content (AvgIpc) is 2.80. The maximum absolute atomic E-state index is 13.2. The van der Waals surface area contributed by atoms with Crippen molar-refractivity contribution in [3.8, 4) is 0 Å². The van der Waals surface area contributed by atoms with Crippen LogP contribution in [0.15, 0.2) is 58.1 Å². The molecule has 1 aromatic carbocycles. The molecule has 9 nitrogen and oxygen atoms in total. The van der Waals surface area contributed by atoms with Crippen molar-refractivity contribution >= 4 is 23.8 Å². The molecule has 0 aliphatic heterocycles. The summed E-state index contributed by atoms with van der Waals surface area (Å²) in [5.41, 5.74) is -0.745. The Bertz CT molecular complexity index is 1140. The molecule has 1 aromatic heterocycles. The number of carbonyl (C=O) groups excluding carboxylic acids is 2. The first kappa shape index (κ1) is 25.4. The number of esters is 2. The number of nitrogens with zero attached hydrogens (tertiary/aromatic N) is 3. The molecule has 0 bridgehead atoms. The quantitative estimate of drug-likeness (QED) is 0.177.